The Kier molecular flexibility index (Phi) is 5.13. The molecule has 2 aromatic rings. The lowest BCUT2D eigenvalue weighted by Crippen LogP contribution is -1.96. The van der Waals surface area contributed by atoms with E-state index < -0.39 is 0 Å². The van der Waals surface area contributed by atoms with Crippen LogP contribution in [0.3, 0.4) is 0 Å². The van der Waals surface area contributed by atoms with Gasteiger partial charge in [0.05, 0.1) is 23.4 Å². The third kappa shape index (κ3) is 3.65. The number of methoxy groups -OCH3 is 2. The Balaban J connectivity index is 2.14. The van der Waals surface area contributed by atoms with Crippen LogP contribution in [0.25, 0.3) is 0 Å². The number of alkyl halides is 1. The van der Waals surface area contributed by atoms with Crippen LogP contribution in [0, 0.1) is 0 Å². The van der Waals surface area contributed by atoms with Crippen LogP contribution in [0.15, 0.2) is 34.1 Å². The molecular weight excluding hydrogens is 348 g/mol. The van der Waals surface area contributed by atoms with Gasteiger partial charge >= 0.3 is 0 Å². The molecule has 1 aromatic carbocycles. The summed E-state index contributed by atoms with van der Waals surface area (Å²) in [6.07, 6.45) is 0.759. The molecule has 1 aromatic heterocycles. The summed E-state index contributed by atoms with van der Waals surface area (Å²) in [5.74, 6) is 1.47. The third-order valence-corrected chi connectivity index (χ3v) is 5.02. The maximum Gasteiger partial charge on any atom is 0.160 e. The fourth-order valence-electron chi connectivity index (χ4n) is 1.81. The van der Waals surface area contributed by atoms with Crippen molar-refractivity contribution in [1.29, 1.82) is 0 Å². The summed E-state index contributed by atoms with van der Waals surface area (Å²) in [4.78, 5) is 1.16. The summed E-state index contributed by atoms with van der Waals surface area (Å²) in [7, 11) is 3.27. The van der Waals surface area contributed by atoms with Crippen molar-refractivity contribution in [2.75, 3.05) is 14.2 Å². The summed E-state index contributed by atoms with van der Waals surface area (Å²) < 4.78 is 11.6. The molecule has 0 aliphatic heterocycles. The van der Waals surface area contributed by atoms with E-state index in [1.54, 1.807) is 25.6 Å². The smallest absolute Gasteiger partial charge is 0.160 e. The predicted octanol–water partition coefficient (Wildman–Crippen LogP) is 5.05. The first kappa shape index (κ1) is 14.7. The van der Waals surface area contributed by atoms with Crippen molar-refractivity contribution in [3.8, 4) is 11.5 Å². The van der Waals surface area contributed by atoms with E-state index in [1.807, 2.05) is 30.3 Å². The van der Waals surface area contributed by atoms with E-state index in [2.05, 4.69) is 15.9 Å². The quantitative estimate of drug-likeness (QED) is 0.694. The van der Waals surface area contributed by atoms with E-state index in [0.29, 0.717) is 0 Å². The zero-order chi connectivity index (χ0) is 13.8. The van der Waals surface area contributed by atoms with E-state index in [0.717, 1.165) is 32.1 Å². The first-order valence-electron chi connectivity index (χ1n) is 5.74. The summed E-state index contributed by atoms with van der Waals surface area (Å²) in [5.41, 5.74) is 1.13. The molecule has 2 nitrogen and oxygen atoms in total. The van der Waals surface area contributed by atoms with Gasteiger partial charge in [-0.25, -0.2) is 0 Å². The van der Waals surface area contributed by atoms with Crippen LogP contribution in [-0.2, 0) is 6.42 Å². The van der Waals surface area contributed by atoms with Crippen LogP contribution >= 0.6 is 38.9 Å². The maximum atomic E-state index is 6.44. The second-order valence-corrected chi connectivity index (χ2v) is 7.02. The van der Waals surface area contributed by atoms with Crippen molar-refractivity contribution in [2.24, 2.45) is 0 Å². The molecule has 0 N–H and O–H groups in total. The fourth-order valence-corrected chi connectivity index (χ4v) is 3.60. The molecule has 0 aliphatic carbocycles. The van der Waals surface area contributed by atoms with Gasteiger partial charge < -0.3 is 9.47 Å². The molecule has 1 unspecified atom stereocenters. The summed E-state index contributed by atoms with van der Waals surface area (Å²) in [6.45, 7) is 0. The maximum absolute atomic E-state index is 6.44. The Bertz CT molecular complexity index is 556. The lowest BCUT2D eigenvalue weighted by atomic mass is 10.1. The fraction of sp³-hybridized carbons (Fsp3) is 0.286. The van der Waals surface area contributed by atoms with Gasteiger partial charge in [-0.2, -0.15) is 0 Å². The number of ether oxygens (including phenoxy) is 2. The van der Waals surface area contributed by atoms with Crippen LogP contribution in [0.4, 0.5) is 0 Å². The minimum atomic E-state index is -0.0330. The molecule has 0 bridgehead atoms. The highest BCUT2D eigenvalue weighted by molar-refractivity contribution is 9.11. The molecule has 0 saturated heterocycles. The van der Waals surface area contributed by atoms with E-state index in [9.17, 15) is 0 Å². The normalized spacial score (nSPS) is 12.2. The van der Waals surface area contributed by atoms with Gasteiger partial charge in [-0.1, -0.05) is 6.07 Å². The second kappa shape index (κ2) is 6.64. The minimum absolute atomic E-state index is 0.0330. The standard InChI is InChI=1S/C14H14BrClO2S/c1-17-11-4-3-9(8-12(11)18-2)7-10(16)13-5-6-14(15)19-13/h3-6,8,10H,7H2,1-2H3. The molecule has 19 heavy (non-hydrogen) atoms. The highest BCUT2D eigenvalue weighted by Crippen LogP contribution is 2.35. The van der Waals surface area contributed by atoms with Crippen LogP contribution in [-0.4, -0.2) is 14.2 Å². The molecule has 0 fully saturated rings. The van der Waals surface area contributed by atoms with Gasteiger partial charge in [0.25, 0.3) is 0 Å². The molecular formula is C14H14BrClO2S. The molecule has 0 saturated carbocycles. The lowest BCUT2D eigenvalue weighted by molar-refractivity contribution is 0.354. The van der Waals surface area contributed by atoms with Gasteiger partial charge in [0.1, 0.15) is 0 Å². The zero-order valence-electron chi connectivity index (χ0n) is 10.7. The number of thiophene rings is 1. The van der Waals surface area contributed by atoms with Crippen molar-refractivity contribution in [1.82, 2.24) is 0 Å². The van der Waals surface area contributed by atoms with E-state index >= 15 is 0 Å². The van der Waals surface area contributed by atoms with Crippen molar-refractivity contribution >= 4 is 38.9 Å². The van der Waals surface area contributed by atoms with Crippen LogP contribution < -0.4 is 9.47 Å². The molecule has 1 heterocycles. The van der Waals surface area contributed by atoms with Gasteiger partial charge in [-0.15, -0.1) is 22.9 Å². The molecule has 102 valence electrons. The van der Waals surface area contributed by atoms with Crippen molar-refractivity contribution in [2.45, 2.75) is 11.8 Å². The highest BCUT2D eigenvalue weighted by Gasteiger charge is 2.13. The molecule has 5 heteroatoms. The lowest BCUT2D eigenvalue weighted by Gasteiger charge is -2.11. The number of benzene rings is 1. The zero-order valence-corrected chi connectivity index (χ0v) is 13.8. The van der Waals surface area contributed by atoms with Gasteiger partial charge in [0.2, 0.25) is 0 Å². The molecule has 2 rings (SSSR count). The molecule has 0 amide bonds. The first-order chi connectivity index (χ1) is 9.13. The minimum Gasteiger partial charge on any atom is -0.493 e. The Labute approximate surface area is 130 Å². The molecule has 0 radical (unpaired) electrons. The summed E-state index contributed by atoms with van der Waals surface area (Å²) in [5, 5.41) is -0.0330. The van der Waals surface area contributed by atoms with E-state index in [1.165, 1.54) is 0 Å². The SMILES string of the molecule is COc1ccc(CC(Cl)c2ccc(Br)s2)cc1OC. The monoisotopic (exact) mass is 360 g/mol. The van der Waals surface area contributed by atoms with Crippen LogP contribution in [0.1, 0.15) is 15.8 Å². The number of halogens is 2. The number of hydrogen-bond acceptors (Lipinski definition) is 3. The van der Waals surface area contributed by atoms with Crippen molar-refractivity contribution < 1.29 is 9.47 Å². The number of rotatable bonds is 5. The molecule has 0 spiro atoms. The second-order valence-electron chi connectivity index (χ2n) is 4.00. The Morgan fingerprint density at radius 2 is 1.89 bits per heavy atom. The largest absolute Gasteiger partial charge is 0.493 e. The molecule has 0 aliphatic rings. The first-order valence-corrected chi connectivity index (χ1v) is 7.79. The van der Waals surface area contributed by atoms with Gasteiger partial charge in [0, 0.05) is 4.88 Å². The Hall–Kier alpha value is -0.710. The van der Waals surface area contributed by atoms with Crippen LogP contribution in [0.2, 0.25) is 0 Å². The average molecular weight is 362 g/mol. The summed E-state index contributed by atoms with van der Waals surface area (Å²) >= 11 is 11.6. The van der Waals surface area contributed by atoms with Gasteiger partial charge in [-0.05, 0) is 52.2 Å². The Morgan fingerprint density at radius 3 is 2.47 bits per heavy atom. The third-order valence-electron chi connectivity index (χ3n) is 2.77. The Morgan fingerprint density at radius 1 is 1.16 bits per heavy atom. The van der Waals surface area contributed by atoms with Gasteiger partial charge in [-0.3, -0.25) is 0 Å². The van der Waals surface area contributed by atoms with Gasteiger partial charge in [0.15, 0.2) is 11.5 Å². The van der Waals surface area contributed by atoms with E-state index in [-0.39, 0.29) is 5.38 Å². The van der Waals surface area contributed by atoms with E-state index in [4.69, 9.17) is 21.1 Å². The highest BCUT2D eigenvalue weighted by atomic mass is 79.9. The topological polar surface area (TPSA) is 18.5 Å². The molecule has 1 atom stereocenters. The average Bonchev–Trinajstić information content (AvgIpc) is 2.85. The number of hydrogen-bond donors (Lipinski definition) is 0. The van der Waals surface area contributed by atoms with Crippen LogP contribution in [0.5, 0.6) is 11.5 Å². The van der Waals surface area contributed by atoms with Crippen molar-refractivity contribution in [3.63, 3.8) is 0 Å². The predicted molar refractivity (Wildman–Crippen MR) is 83.9 cm³/mol. The van der Waals surface area contributed by atoms with Crippen molar-refractivity contribution in [3.05, 3.63) is 44.6 Å². The summed E-state index contributed by atoms with van der Waals surface area (Å²) in [6, 6.07) is 9.95.